The van der Waals surface area contributed by atoms with Gasteiger partial charge in [-0.3, -0.25) is 4.68 Å². The second-order valence-electron chi connectivity index (χ2n) is 4.47. The van der Waals surface area contributed by atoms with Crippen LogP contribution in [0, 0.1) is 0 Å². The molecule has 0 amide bonds. The Morgan fingerprint density at radius 2 is 2.05 bits per heavy atom. The molecule has 0 bridgehead atoms. The number of benzene rings is 1. The highest BCUT2D eigenvalue weighted by atomic mass is 32.2. The Labute approximate surface area is 112 Å². The molecule has 0 N–H and O–H groups in total. The number of hydrogen-bond donors (Lipinski definition) is 0. The second kappa shape index (κ2) is 4.59. The molecule has 0 spiro atoms. The minimum Gasteiger partial charge on any atom is -0.271 e. The Morgan fingerprint density at radius 1 is 1.26 bits per heavy atom. The average molecular weight is 284 g/mol. The average Bonchev–Trinajstić information content (AvgIpc) is 2.94. The number of fused-ring (bicyclic) bond motifs is 1. The summed E-state index contributed by atoms with van der Waals surface area (Å²) < 4.78 is 38.7. The van der Waals surface area contributed by atoms with Crippen LogP contribution in [-0.2, 0) is 19.1 Å². The van der Waals surface area contributed by atoms with E-state index >= 15 is 0 Å². The molecule has 0 fully saturated rings. The van der Waals surface area contributed by atoms with E-state index in [4.69, 9.17) is 0 Å². The zero-order chi connectivity index (χ0) is 13.5. The Bertz CT molecular complexity index is 567. The van der Waals surface area contributed by atoms with Gasteiger partial charge in [-0.25, -0.2) is 0 Å². The van der Waals surface area contributed by atoms with Crippen LogP contribution in [-0.4, -0.2) is 15.0 Å². The van der Waals surface area contributed by atoms with Gasteiger partial charge in [0.15, 0.2) is 5.69 Å². The summed E-state index contributed by atoms with van der Waals surface area (Å²) in [4.78, 5) is 1.22. The first-order valence-corrected chi connectivity index (χ1v) is 6.75. The first-order valence-electron chi connectivity index (χ1n) is 5.87. The summed E-state index contributed by atoms with van der Waals surface area (Å²) in [7, 11) is 0. The predicted octanol–water partition coefficient (Wildman–Crippen LogP) is 3.62. The van der Waals surface area contributed by atoms with Gasteiger partial charge in [0.05, 0.1) is 6.54 Å². The highest BCUT2D eigenvalue weighted by Gasteiger charge is 2.33. The number of aromatic nitrogens is 2. The van der Waals surface area contributed by atoms with E-state index in [9.17, 15) is 13.2 Å². The SMILES string of the molecule is FC(F)(F)c1ccn(CC2Cc3ccccc3S2)n1. The predicted molar refractivity (Wildman–Crippen MR) is 67.0 cm³/mol. The minimum atomic E-state index is -4.36. The number of rotatable bonds is 2. The minimum absolute atomic E-state index is 0.249. The van der Waals surface area contributed by atoms with Crippen LogP contribution >= 0.6 is 11.8 Å². The molecule has 2 aromatic rings. The van der Waals surface area contributed by atoms with Gasteiger partial charge in [-0.2, -0.15) is 18.3 Å². The van der Waals surface area contributed by atoms with Gasteiger partial charge in [0.2, 0.25) is 0 Å². The van der Waals surface area contributed by atoms with Crippen LogP contribution in [0.25, 0.3) is 0 Å². The lowest BCUT2D eigenvalue weighted by Gasteiger charge is -2.08. The van der Waals surface area contributed by atoms with Gasteiger partial charge in [-0.15, -0.1) is 11.8 Å². The van der Waals surface area contributed by atoms with Gasteiger partial charge in [0.1, 0.15) is 0 Å². The number of halogens is 3. The smallest absolute Gasteiger partial charge is 0.271 e. The van der Waals surface area contributed by atoms with Crippen LogP contribution < -0.4 is 0 Å². The largest absolute Gasteiger partial charge is 0.435 e. The molecule has 100 valence electrons. The molecular formula is C13H11F3N2S. The van der Waals surface area contributed by atoms with Crippen LogP contribution in [0.15, 0.2) is 41.4 Å². The van der Waals surface area contributed by atoms with Crippen molar-refractivity contribution in [2.45, 2.75) is 29.3 Å². The third-order valence-electron chi connectivity index (χ3n) is 3.04. The molecule has 1 aliphatic heterocycles. The summed E-state index contributed by atoms with van der Waals surface area (Å²) >= 11 is 1.71. The molecule has 1 atom stereocenters. The van der Waals surface area contributed by atoms with Gasteiger partial charge in [-0.05, 0) is 24.1 Å². The summed E-state index contributed by atoms with van der Waals surface area (Å²) in [5, 5.41) is 3.83. The van der Waals surface area contributed by atoms with Gasteiger partial charge in [-0.1, -0.05) is 18.2 Å². The molecule has 0 saturated heterocycles. The normalized spacial score (nSPS) is 18.6. The Morgan fingerprint density at radius 3 is 2.74 bits per heavy atom. The lowest BCUT2D eigenvalue weighted by atomic mass is 10.1. The molecule has 1 aromatic carbocycles. The van der Waals surface area contributed by atoms with Crippen molar-refractivity contribution in [3.05, 3.63) is 47.8 Å². The van der Waals surface area contributed by atoms with Crippen molar-refractivity contribution in [2.75, 3.05) is 0 Å². The summed E-state index contributed by atoms with van der Waals surface area (Å²) in [5.41, 5.74) is 0.439. The van der Waals surface area contributed by atoms with Gasteiger partial charge in [0.25, 0.3) is 0 Å². The maximum Gasteiger partial charge on any atom is 0.435 e. The number of thioether (sulfide) groups is 1. The summed E-state index contributed by atoms with van der Waals surface area (Å²) in [6.07, 6.45) is -2.09. The van der Waals surface area contributed by atoms with Crippen molar-refractivity contribution in [1.29, 1.82) is 0 Å². The number of hydrogen-bond acceptors (Lipinski definition) is 2. The molecule has 2 heterocycles. The van der Waals surface area contributed by atoms with Gasteiger partial charge in [0, 0.05) is 16.3 Å². The molecule has 0 radical (unpaired) electrons. The molecule has 1 aliphatic rings. The topological polar surface area (TPSA) is 17.8 Å². The van der Waals surface area contributed by atoms with Crippen molar-refractivity contribution >= 4 is 11.8 Å². The van der Waals surface area contributed by atoms with Gasteiger partial charge >= 0.3 is 6.18 Å². The van der Waals surface area contributed by atoms with E-state index in [0.717, 1.165) is 12.5 Å². The number of nitrogens with zero attached hydrogens (tertiary/aromatic N) is 2. The Hall–Kier alpha value is -1.43. The Balaban J connectivity index is 1.70. The third kappa shape index (κ3) is 2.63. The van der Waals surface area contributed by atoms with E-state index in [-0.39, 0.29) is 5.25 Å². The molecule has 0 aliphatic carbocycles. The highest BCUT2D eigenvalue weighted by Crippen LogP contribution is 2.37. The van der Waals surface area contributed by atoms with E-state index in [1.807, 2.05) is 18.2 Å². The molecule has 1 unspecified atom stereocenters. The van der Waals surface area contributed by atoms with Crippen LogP contribution in [0.2, 0.25) is 0 Å². The van der Waals surface area contributed by atoms with Gasteiger partial charge < -0.3 is 0 Å². The highest BCUT2D eigenvalue weighted by molar-refractivity contribution is 8.00. The van der Waals surface area contributed by atoms with Crippen LogP contribution in [0.3, 0.4) is 0 Å². The zero-order valence-corrected chi connectivity index (χ0v) is 10.7. The second-order valence-corrected chi connectivity index (χ2v) is 5.81. The van der Waals surface area contributed by atoms with Crippen molar-refractivity contribution in [2.24, 2.45) is 0 Å². The lowest BCUT2D eigenvalue weighted by molar-refractivity contribution is -0.141. The van der Waals surface area contributed by atoms with Crippen LogP contribution in [0.5, 0.6) is 0 Å². The van der Waals surface area contributed by atoms with E-state index < -0.39 is 11.9 Å². The van der Waals surface area contributed by atoms with Crippen LogP contribution in [0.1, 0.15) is 11.3 Å². The van der Waals surface area contributed by atoms with E-state index in [0.29, 0.717) is 6.54 Å². The Kier molecular flexibility index (Phi) is 3.05. The maximum atomic E-state index is 12.4. The molecular weight excluding hydrogens is 273 g/mol. The van der Waals surface area contributed by atoms with Crippen molar-refractivity contribution in [1.82, 2.24) is 9.78 Å². The molecule has 19 heavy (non-hydrogen) atoms. The molecule has 1 aromatic heterocycles. The summed E-state index contributed by atoms with van der Waals surface area (Å²) in [6.45, 7) is 0.495. The zero-order valence-electron chi connectivity index (χ0n) is 9.89. The maximum absolute atomic E-state index is 12.4. The van der Waals surface area contributed by atoms with E-state index in [1.165, 1.54) is 21.3 Å². The standard InChI is InChI=1S/C13H11F3N2S/c14-13(15,16)12-5-6-18(17-12)8-10-7-9-3-1-2-4-11(9)19-10/h1-6,10H,7-8H2. The van der Waals surface area contributed by atoms with Crippen molar-refractivity contribution < 1.29 is 13.2 Å². The van der Waals surface area contributed by atoms with Crippen molar-refractivity contribution in [3.8, 4) is 0 Å². The van der Waals surface area contributed by atoms with Crippen LogP contribution in [0.4, 0.5) is 13.2 Å². The fourth-order valence-electron chi connectivity index (χ4n) is 2.18. The molecule has 3 rings (SSSR count). The molecule has 0 saturated carbocycles. The lowest BCUT2D eigenvalue weighted by Crippen LogP contribution is -2.14. The summed E-state index contributed by atoms with van der Waals surface area (Å²) in [6, 6.07) is 9.09. The first-order chi connectivity index (χ1) is 9.02. The molecule has 2 nitrogen and oxygen atoms in total. The van der Waals surface area contributed by atoms with E-state index in [1.54, 1.807) is 11.8 Å². The number of alkyl halides is 3. The molecule has 6 heteroatoms. The summed E-state index contributed by atoms with van der Waals surface area (Å²) in [5.74, 6) is 0. The first kappa shape index (κ1) is 12.6. The van der Waals surface area contributed by atoms with Crippen molar-refractivity contribution in [3.63, 3.8) is 0 Å². The quantitative estimate of drug-likeness (QED) is 0.838. The third-order valence-corrected chi connectivity index (χ3v) is 4.34. The fourth-order valence-corrected chi connectivity index (χ4v) is 3.49. The fraction of sp³-hybridized carbons (Fsp3) is 0.308. The monoisotopic (exact) mass is 284 g/mol. The van der Waals surface area contributed by atoms with E-state index in [2.05, 4.69) is 11.2 Å².